The SMILES string of the molecule is CC1C(n2ccc(-n3cncn3)nc2=O)OC(CC[I-]OC(=O)c2ccccc2)(N=[N+]=[N-])C1C.CC1C(n2ccc(=O)[nH]c2=O)OC(CC[I-]OC(=O)c2ccccc2)(N=[N+]=[N-])C1C. The number of halogens is 2. The first-order valence-corrected chi connectivity index (χ1v) is 24.6. The summed E-state index contributed by atoms with van der Waals surface area (Å²) in [5.41, 5.74) is 15.4. The van der Waals surface area contributed by atoms with Crippen LogP contribution in [0.1, 0.15) is 73.7 Å². The van der Waals surface area contributed by atoms with Gasteiger partial charge in [0.05, 0.1) is 0 Å². The summed E-state index contributed by atoms with van der Waals surface area (Å²) in [5.74, 6) is -1.12. The molecular weight excluding hydrogens is 1060 g/mol. The first-order valence-electron chi connectivity index (χ1n) is 19.8. The number of rotatable bonds is 15. The summed E-state index contributed by atoms with van der Waals surface area (Å²) in [4.78, 5) is 76.7. The molecule has 2 aliphatic rings. The van der Waals surface area contributed by atoms with E-state index >= 15 is 0 Å². The third-order valence-corrected chi connectivity index (χ3v) is 14.6. The Hall–Kier alpha value is -5.92. The van der Waals surface area contributed by atoms with Crippen LogP contribution in [0.15, 0.2) is 122 Å². The summed E-state index contributed by atoms with van der Waals surface area (Å²) in [6.07, 6.45) is 5.11. The van der Waals surface area contributed by atoms with Crippen molar-refractivity contribution < 1.29 is 68.4 Å². The molecule has 7 rings (SSSR count). The molecular formula is C40H43I2N13O9-2. The van der Waals surface area contributed by atoms with Gasteiger partial charge in [-0.05, 0) is 0 Å². The van der Waals surface area contributed by atoms with Crippen LogP contribution >= 0.6 is 0 Å². The maximum absolute atomic E-state index is 12.8. The first kappa shape index (κ1) is 47.6. The molecule has 8 atom stereocenters. The number of benzene rings is 2. The van der Waals surface area contributed by atoms with Crippen molar-refractivity contribution in [2.24, 2.45) is 33.9 Å². The van der Waals surface area contributed by atoms with E-state index in [1.165, 1.54) is 38.7 Å². The molecule has 2 aromatic carbocycles. The fourth-order valence-electron chi connectivity index (χ4n) is 7.28. The van der Waals surface area contributed by atoms with Crippen LogP contribution in [0.4, 0.5) is 0 Å². The van der Waals surface area contributed by atoms with Gasteiger partial charge in [0.1, 0.15) is 0 Å². The van der Waals surface area contributed by atoms with E-state index in [1.807, 2.05) is 39.8 Å². The molecule has 1 N–H and O–H groups in total. The Kier molecular flexibility index (Phi) is 16.1. The third kappa shape index (κ3) is 10.9. The topological polar surface area (TPSA) is 289 Å². The molecule has 2 fully saturated rings. The second-order valence-corrected chi connectivity index (χ2v) is 19.1. The number of hydrogen-bond donors (Lipinski definition) is 1. The van der Waals surface area contributed by atoms with Gasteiger partial charge in [0.15, 0.2) is 0 Å². The molecule has 64 heavy (non-hydrogen) atoms. The van der Waals surface area contributed by atoms with E-state index in [-0.39, 0.29) is 35.6 Å². The summed E-state index contributed by atoms with van der Waals surface area (Å²) in [5, 5.41) is 11.9. The van der Waals surface area contributed by atoms with Crippen molar-refractivity contribution in [3.05, 3.63) is 161 Å². The third-order valence-electron chi connectivity index (χ3n) is 11.2. The molecule has 0 aliphatic carbocycles. The molecule has 0 bridgehead atoms. The van der Waals surface area contributed by atoms with E-state index in [4.69, 9.17) is 21.1 Å². The van der Waals surface area contributed by atoms with E-state index in [9.17, 15) is 29.5 Å². The fraction of sp³-hybridized carbons (Fsp3) is 0.400. The van der Waals surface area contributed by atoms with Crippen LogP contribution in [-0.2, 0) is 15.6 Å². The summed E-state index contributed by atoms with van der Waals surface area (Å²) in [6, 6.07) is 20.4. The number of aromatic amines is 1. The van der Waals surface area contributed by atoms with Gasteiger partial charge in [0, 0.05) is 0 Å². The first-order chi connectivity index (χ1) is 30.8. The van der Waals surface area contributed by atoms with Crippen LogP contribution < -0.4 is 60.2 Å². The monoisotopic (exact) mass is 1100 g/mol. The van der Waals surface area contributed by atoms with Gasteiger partial charge in [-0.25, -0.2) is 0 Å². The molecule has 8 unspecified atom stereocenters. The van der Waals surface area contributed by atoms with E-state index in [1.54, 1.807) is 60.8 Å². The van der Waals surface area contributed by atoms with Gasteiger partial charge >= 0.3 is 388 Å². The zero-order valence-electron chi connectivity index (χ0n) is 34.8. The standard InChI is InChI=1S/C21H22IN8O4.C19H21IN5O5/c1-14-15(2)21(27-28-23,9-10-22-34-19(31)16-6-4-3-5-7-16)33-18(14)29-11-8-17(26-20(29)32)30-13-24-12-25-30;1-12-13(2)19(23-24-21,29-16(12)25-11-8-15(26)22-18(25)28)9-10-20-30-17(27)14-6-4-3-5-7-14/h3-8,11-15,18H,9-10H2,1-2H3;3-8,11-13,16H,9-10H2,1-2H3,(H,22,26,28)/q2*-1. The number of hydrogen-bond acceptors (Lipinski definition) is 14. The van der Waals surface area contributed by atoms with Crippen molar-refractivity contribution in [3.63, 3.8) is 0 Å². The number of aromatic nitrogens is 7. The number of alkyl halides is 2. The Morgan fingerprint density at radius 2 is 1.27 bits per heavy atom. The predicted molar refractivity (Wildman–Crippen MR) is 218 cm³/mol. The molecule has 2 aliphatic heterocycles. The molecule has 24 heteroatoms. The van der Waals surface area contributed by atoms with Gasteiger partial charge in [-0.2, -0.15) is 0 Å². The van der Waals surface area contributed by atoms with E-state index in [0.29, 0.717) is 38.6 Å². The Labute approximate surface area is 386 Å². The van der Waals surface area contributed by atoms with Crippen molar-refractivity contribution in [2.45, 2.75) is 64.4 Å². The summed E-state index contributed by atoms with van der Waals surface area (Å²) < 4.78 is 28.3. The fourth-order valence-corrected chi connectivity index (χ4v) is 10.8. The quantitative estimate of drug-likeness (QED) is 0.0346. The van der Waals surface area contributed by atoms with Gasteiger partial charge in [-0.15, -0.1) is 0 Å². The van der Waals surface area contributed by atoms with Crippen molar-refractivity contribution >= 4 is 11.9 Å². The van der Waals surface area contributed by atoms with Crippen LogP contribution in [0.5, 0.6) is 0 Å². The van der Waals surface area contributed by atoms with Crippen LogP contribution in [0.3, 0.4) is 0 Å². The Balaban J connectivity index is 0.000000214. The average Bonchev–Trinajstić information content (AvgIpc) is 3.99. The van der Waals surface area contributed by atoms with Crippen LogP contribution in [0.2, 0.25) is 0 Å². The molecule has 0 amide bonds. The maximum atomic E-state index is 12.8. The van der Waals surface area contributed by atoms with E-state index in [2.05, 4.69) is 40.1 Å². The minimum absolute atomic E-state index is 0.146. The molecule has 0 saturated carbocycles. The molecule has 3 aromatic heterocycles. The van der Waals surface area contributed by atoms with Crippen molar-refractivity contribution in [3.8, 4) is 5.82 Å². The normalized spacial score (nSPS) is 24.8. The van der Waals surface area contributed by atoms with E-state index in [0.717, 1.165) is 0 Å². The molecule has 338 valence electrons. The molecule has 5 heterocycles. The zero-order valence-corrected chi connectivity index (χ0v) is 39.1. The summed E-state index contributed by atoms with van der Waals surface area (Å²) >= 11 is -1.89. The van der Waals surface area contributed by atoms with Crippen molar-refractivity contribution in [1.82, 2.24) is 33.9 Å². The van der Waals surface area contributed by atoms with Gasteiger partial charge in [0.25, 0.3) is 0 Å². The second kappa shape index (κ2) is 21.6. The van der Waals surface area contributed by atoms with Crippen LogP contribution in [0.25, 0.3) is 26.7 Å². The molecule has 0 spiro atoms. The number of azide groups is 2. The Morgan fingerprint density at radius 1 is 0.766 bits per heavy atom. The minimum atomic E-state index is -1.17. The number of carbonyl (C=O) groups is 2. The molecule has 0 radical (unpaired) electrons. The van der Waals surface area contributed by atoms with Gasteiger partial charge in [0.2, 0.25) is 0 Å². The van der Waals surface area contributed by atoms with Gasteiger partial charge in [-0.3, -0.25) is 0 Å². The van der Waals surface area contributed by atoms with Gasteiger partial charge < -0.3 is 0 Å². The predicted octanol–water partition coefficient (Wildman–Crippen LogP) is -0.522. The van der Waals surface area contributed by atoms with Crippen LogP contribution in [-0.4, -0.2) is 66.1 Å². The molecule has 2 saturated heterocycles. The van der Waals surface area contributed by atoms with Gasteiger partial charge in [-0.1, -0.05) is 0 Å². The zero-order chi connectivity index (χ0) is 45.9. The molecule has 5 aromatic rings. The summed E-state index contributed by atoms with van der Waals surface area (Å²) in [6.45, 7) is 7.65. The second-order valence-electron chi connectivity index (χ2n) is 14.8. The number of H-pyrrole nitrogens is 1. The number of nitrogens with one attached hydrogen (secondary N) is 1. The Morgan fingerprint density at radius 3 is 1.72 bits per heavy atom. The Bertz CT molecular complexity index is 2680. The van der Waals surface area contributed by atoms with E-state index < -0.39 is 84.1 Å². The molecule has 22 nitrogen and oxygen atoms in total. The van der Waals surface area contributed by atoms with Crippen LogP contribution in [0, 0.1) is 23.7 Å². The van der Waals surface area contributed by atoms with Crippen molar-refractivity contribution in [2.75, 3.05) is 8.86 Å². The average molecular weight is 1100 g/mol. The number of nitrogens with zero attached hydrogens (tertiary/aromatic N) is 12. The summed E-state index contributed by atoms with van der Waals surface area (Å²) in [7, 11) is 0. The number of ether oxygens (including phenoxy) is 2. The number of carbonyl (C=O) groups excluding carboxylic acids is 2. The van der Waals surface area contributed by atoms with Crippen molar-refractivity contribution in [1.29, 1.82) is 0 Å².